The van der Waals surface area contributed by atoms with Gasteiger partial charge in [0.1, 0.15) is 0 Å². The number of aryl methyl sites for hydroxylation is 3. The first-order chi connectivity index (χ1) is 9.69. The van der Waals surface area contributed by atoms with Crippen LogP contribution < -0.4 is 10.6 Å². The number of aliphatic imine (C=N–C) groups is 1. The van der Waals surface area contributed by atoms with Gasteiger partial charge in [0.15, 0.2) is 5.96 Å². The lowest BCUT2D eigenvalue weighted by atomic mass is 10.2. The summed E-state index contributed by atoms with van der Waals surface area (Å²) in [5.41, 5.74) is 2.31. The van der Waals surface area contributed by atoms with Crippen LogP contribution in [0.15, 0.2) is 23.2 Å². The summed E-state index contributed by atoms with van der Waals surface area (Å²) in [5.74, 6) is 0.895. The van der Waals surface area contributed by atoms with Crippen LogP contribution in [-0.4, -0.2) is 35.4 Å². The lowest BCUT2D eigenvalue weighted by Gasteiger charge is -2.16. The van der Waals surface area contributed by atoms with Gasteiger partial charge in [-0.1, -0.05) is 12.2 Å². The minimum Gasteiger partial charge on any atom is -0.356 e. The van der Waals surface area contributed by atoms with E-state index < -0.39 is 0 Å². The number of guanidine groups is 1. The lowest BCUT2D eigenvalue weighted by Crippen LogP contribution is -2.42. The highest BCUT2D eigenvalue weighted by atomic mass is 15.3. The van der Waals surface area contributed by atoms with Crippen molar-refractivity contribution in [2.75, 3.05) is 13.6 Å². The van der Waals surface area contributed by atoms with Gasteiger partial charge in [-0.05, 0) is 39.2 Å². The Hall–Kier alpha value is -1.78. The van der Waals surface area contributed by atoms with Crippen LogP contribution in [0, 0.1) is 13.8 Å². The molecule has 5 nitrogen and oxygen atoms in total. The van der Waals surface area contributed by atoms with Gasteiger partial charge in [-0.15, -0.1) is 0 Å². The number of aromatic nitrogens is 2. The van der Waals surface area contributed by atoms with Crippen molar-refractivity contribution in [2.24, 2.45) is 4.99 Å². The number of nitrogens with zero attached hydrogens (tertiary/aromatic N) is 3. The van der Waals surface area contributed by atoms with Gasteiger partial charge in [0.05, 0.1) is 5.69 Å². The molecule has 1 aliphatic carbocycles. The van der Waals surface area contributed by atoms with Gasteiger partial charge in [0.25, 0.3) is 0 Å². The van der Waals surface area contributed by atoms with Crippen LogP contribution in [0.5, 0.6) is 0 Å². The van der Waals surface area contributed by atoms with E-state index >= 15 is 0 Å². The van der Waals surface area contributed by atoms with Crippen molar-refractivity contribution in [3.8, 4) is 0 Å². The van der Waals surface area contributed by atoms with Crippen LogP contribution in [0.3, 0.4) is 0 Å². The van der Waals surface area contributed by atoms with Gasteiger partial charge in [-0.25, -0.2) is 0 Å². The van der Waals surface area contributed by atoms with E-state index in [0.717, 1.165) is 44.0 Å². The van der Waals surface area contributed by atoms with Crippen LogP contribution in [0.25, 0.3) is 0 Å². The molecule has 0 bridgehead atoms. The molecule has 5 heteroatoms. The summed E-state index contributed by atoms with van der Waals surface area (Å²) in [5, 5.41) is 11.3. The minimum absolute atomic E-state index is 0.497. The van der Waals surface area contributed by atoms with E-state index in [1.807, 2.05) is 14.0 Å². The lowest BCUT2D eigenvalue weighted by molar-refractivity contribution is 0.551. The Labute approximate surface area is 121 Å². The molecule has 0 radical (unpaired) electrons. The molecule has 2 rings (SSSR count). The molecule has 110 valence electrons. The smallest absolute Gasteiger partial charge is 0.191 e. The third kappa shape index (κ3) is 4.11. The predicted molar refractivity (Wildman–Crippen MR) is 83.0 cm³/mol. The molecule has 20 heavy (non-hydrogen) atoms. The van der Waals surface area contributed by atoms with Crippen molar-refractivity contribution in [2.45, 2.75) is 45.7 Å². The summed E-state index contributed by atoms with van der Waals surface area (Å²) in [4.78, 5) is 4.26. The molecule has 0 saturated heterocycles. The van der Waals surface area contributed by atoms with Crippen LogP contribution in [-0.2, 0) is 6.54 Å². The molecule has 0 aliphatic heterocycles. The summed E-state index contributed by atoms with van der Waals surface area (Å²) >= 11 is 0. The molecule has 0 unspecified atom stereocenters. The molecule has 0 saturated carbocycles. The third-order valence-corrected chi connectivity index (χ3v) is 3.51. The molecule has 0 spiro atoms. The van der Waals surface area contributed by atoms with Crippen molar-refractivity contribution in [1.29, 1.82) is 0 Å². The second-order valence-electron chi connectivity index (χ2n) is 5.29. The number of hydrogen-bond acceptors (Lipinski definition) is 2. The normalized spacial score (nSPS) is 15.8. The van der Waals surface area contributed by atoms with E-state index in [9.17, 15) is 0 Å². The van der Waals surface area contributed by atoms with Gasteiger partial charge < -0.3 is 10.6 Å². The Morgan fingerprint density at radius 1 is 1.40 bits per heavy atom. The quantitative estimate of drug-likeness (QED) is 0.373. The largest absolute Gasteiger partial charge is 0.356 e. The van der Waals surface area contributed by atoms with E-state index in [1.165, 1.54) is 5.69 Å². The van der Waals surface area contributed by atoms with Crippen molar-refractivity contribution < 1.29 is 0 Å². The number of nitrogens with one attached hydrogen (secondary N) is 2. The minimum atomic E-state index is 0.497. The molecule has 0 amide bonds. The van der Waals surface area contributed by atoms with E-state index in [0.29, 0.717) is 6.04 Å². The monoisotopic (exact) mass is 275 g/mol. The zero-order valence-electron chi connectivity index (χ0n) is 12.7. The zero-order valence-corrected chi connectivity index (χ0v) is 12.7. The second kappa shape index (κ2) is 7.12. The maximum absolute atomic E-state index is 4.46. The first kappa shape index (κ1) is 14.6. The predicted octanol–water partition coefficient (Wildman–Crippen LogP) is 1.77. The Bertz CT molecular complexity index is 478. The maximum Gasteiger partial charge on any atom is 0.191 e. The average Bonchev–Trinajstić information content (AvgIpc) is 3.03. The molecule has 1 aromatic heterocycles. The molecule has 1 heterocycles. The van der Waals surface area contributed by atoms with Crippen molar-refractivity contribution in [1.82, 2.24) is 20.4 Å². The zero-order chi connectivity index (χ0) is 14.4. The highest BCUT2D eigenvalue weighted by Gasteiger charge is 2.11. The molecule has 1 aromatic rings. The summed E-state index contributed by atoms with van der Waals surface area (Å²) < 4.78 is 2.06. The van der Waals surface area contributed by atoms with Gasteiger partial charge >= 0.3 is 0 Å². The van der Waals surface area contributed by atoms with Crippen molar-refractivity contribution >= 4 is 5.96 Å². The fraction of sp³-hybridized carbons (Fsp3) is 0.600. The summed E-state index contributed by atoms with van der Waals surface area (Å²) in [6.07, 6.45) is 7.64. The Balaban J connectivity index is 1.67. The topological polar surface area (TPSA) is 54.2 Å². The second-order valence-corrected chi connectivity index (χ2v) is 5.29. The Morgan fingerprint density at radius 3 is 2.75 bits per heavy atom. The number of rotatable bonds is 5. The third-order valence-electron chi connectivity index (χ3n) is 3.51. The van der Waals surface area contributed by atoms with Gasteiger partial charge in [0.2, 0.25) is 0 Å². The van der Waals surface area contributed by atoms with Crippen molar-refractivity contribution in [3.63, 3.8) is 0 Å². The molecular formula is C15H25N5. The molecule has 1 aliphatic rings. The first-order valence-electron chi connectivity index (χ1n) is 7.32. The van der Waals surface area contributed by atoms with E-state index in [4.69, 9.17) is 0 Å². The molecular weight excluding hydrogens is 250 g/mol. The van der Waals surface area contributed by atoms with Crippen LogP contribution >= 0.6 is 0 Å². The standard InChI is InChI=1S/C15H25N5/c1-12-11-13(2)20(19-12)10-6-9-17-15(16-3)18-14-7-4-5-8-14/h4-5,11,14H,6-10H2,1-3H3,(H2,16,17,18). The fourth-order valence-electron chi connectivity index (χ4n) is 2.46. The van der Waals surface area contributed by atoms with Crippen LogP contribution in [0.4, 0.5) is 0 Å². The fourth-order valence-corrected chi connectivity index (χ4v) is 2.46. The molecule has 0 fully saturated rings. The van der Waals surface area contributed by atoms with Crippen molar-refractivity contribution in [3.05, 3.63) is 29.6 Å². The summed E-state index contributed by atoms with van der Waals surface area (Å²) in [6.45, 7) is 5.97. The summed E-state index contributed by atoms with van der Waals surface area (Å²) in [7, 11) is 1.82. The van der Waals surface area contributed by atoms with E-state index in [2.05, 4.69) is 50.5 Å². The highest BCUT2D eigenvalue weighted by Crippen LogP contribution is 2.08. The van der Waals surface area contributed by atoms with Gasteiger partial charge in [-0.3, -0.25) is 9.67 Å². The average molecular weight is 275 g/mol. The van der Waals surface area contributed by atoms with E-state index in [-0.39, 0.29) is 0 Å². The van der Waals surface area contributed by atoms with Gasteiger partial charge in [-0.2, -0.15) is 5.10 Å². The maximum atomic E-state index is 4.46. The molecule has 0 aromatic carbocycles. The number of hydrogen-bond donors (Lipinski definition) is 2. The molecule has 2 N–H and O–H groups in total. The van der Waals surface area contributed by atoms with Crippen LogP contribution in [0.1, 0.15) is 30.7 Å². The molecule has 0 atom stereocenters. The highest BCUT2D eigenvalue weighted by molar-refractivity contribution is 5.80. The van der Waals surface area contributed by atoms with Gasteiger partial charge in [0, 0.05) is 31.9 Å². The van der Waals surface area contributed by atoms with Crippen LogP contribution in [0.2, 0.25) is 0 Å². The summed E-state index contributed by atoms with van der Waals surface area (Å²) in [6, 6.07) is 2.61. The first-order valence-corrected chi connectivity index (χ1v) is 7.32. The Kier molecular flexibility index (Phi) is 5.21. The Morgan fingerprint density at radius 2 is 2.15 bits per heavy atom. The van der Waals surface area contributed by atoms with E-state index in [1.54, 1.807) is 0 Å². The SMILES string of the molecule is CN=C(NCCCn1nc(C)cc1C)NC1CC=CC1.